The highest BCUT2D eigenvalue weighted by Gasteiger charge is 2.21. The Labute approximate surface area is 373 Å². The van der Waals surface area contributed by atoms with Gasteiger partial charge in [0.05, 0.1) is 36.9 Å². The fraction of sp³-hybridized carbons (Fsp3) is 0.889. The van der Waals surface area contributed by atoms with Crippen molar-refractivity contribution in [1.82, 2.24) is 0 Å². The summed E-state index contributed by atoms with van der Waals surface area (Å²) in [6, 6.07) is 3.09. The Morgan fingerprint density at radius 1 is 0.333 bits per heavy atom. The Morgan fingerprint density at radius 2 is 0.533 bits per heavy atom. The maximum absolute atomic E-state index is 12.0. The van der Waals surface area contributed by atoms with Gasteiger partial charge in [-0.3, -0.25) is 10.1 Å². The number of hydrogen-bond donors (Lipinski definition) is 0. The molecule has 0 fully saturated rings. The quantitative estimate of drug-likeness (QED) is 0.0371. The van der Waals surface area contributed by atoms with Crippen LogP contribution in [0.25, 0.3) is 0 Å². The van der Waals surface area contributed by atoms with Gasteiger partial charge in [0.2, 0.25) is 5.75 Å². The van der Waals surface area contributed by atoms with E-state index in [1.807, 2.05) is 0 Å². The number of nitro groups is 1. The van der Waals surface area contributed by atoms with Gasteiger partial charge in [0.1, 0.15) is 0 Å². The maximum atomic E-state index is 12.0. The largest absolute Gasteiger partial charge is 0.489 e. The molecule has 0 aliphatic carbocycles. The molecule has 0 atom stereocenters. The number of ether oxygens (including phenoxy) is 3. The summed E-state index contributed by atoms with van der Waals surface area (Å²) in [7, 11) is 0. The normalized spacial score (nSPS) is 11.4. The van der Waals surface area contributed by atoms with Gasteiger partial charge in [-0.15, -0.1) is 0 Å². The fourth-order valence-corrected chi connectivity index (χ4v) is 8.45. The van der Waals surface area contributed by atoms with E-state index in [0.29, 0.717) is 37.1 Å². The number of nitro benzene ring substituents is 1. The highest BCUT2D eigenvalue weighted by atomic mass is 16.6. The SMILES string of the molecule is CCCCCCCCCCCCCCCCOc1cc([N+](=O)[O-])cc(OCCCCCCCCCCCCCCCC)c1OCCCCCCCCCCCCCCCC. The number of rotatable bonds is 49. The smallest absolute Gasteiger partial charge is 0.277 e. The van der Waals surface area contributed by atoms with E-state index in [9.17, 15) is 10.1 Å². The predicted molar refractivity (Wildman–Crippen MR) is 261 cm³/mol. The van der Waals surface area contributed by atoms with Crippen molar-refractivity contribution in [1.29, 1.82) is 0 Å². The van der Waals surface area contributed by atoms with Gasteiger partial charge < -0.3 is 14.2 Å². The van der Waals surface area contributed by atoms with Crippen LogP contribution in [-0.4, -0.2) is 24.7 Å². The molecule has 0 aliphatic rings. The van der Waals surface area contributed by atoms with Crippen LogP contribution in [0.3, 0.4) is 0 Å². The van der Waals surface area contributed by atoms with Gasteiger partial charge in [-0.1, -0.05) is 271 Å². The molecular formula is C54H101NO5. The van der Waals surface area contributed by atoms with E-state index in [2.05, 4.69) is 20.8 Å². The van der Waals surface area contributed by atoms with Crippen molar-refractivity contribution in [2.75, 3.05) is 19.8 Å². The van der Waals surface area contributed by atoms with Crippen molar-refractivity contribution >= 4 is 5.69 Å². The molecule has 0 heterocycles. The molecule has 0 bridgehead atoms. The van der Waals surface area contributed by atoms with Gasteiger partial charge in [0.15, 0.2) is 11.5 Å². The first-order valence-corrected chi connectivity index (χ1v) is 26.8. The predicted octanol–water partition coefficient (Wildman–Crippen LogP) is 19.2. The maximum Gasteiger partial charge on any atom is 0.277 e. The Hall–Kier alpha value is -1.98. The summed E-state index contributed by atoms with van der Waals surface area (Å²) >= 11 is 0. The van der Waals surface area contributed by atoms with Gasteiger partial charge in [0, 0.05) is 0 Å². The zero-order valence-electron chi connectivity index (χ0n) is 40.5. The van der Waals surface area contributed by atoms with Crippen molar-refractivity contribution in [2.24, 2.45) is 0 Å². The first-order valence-electron chi connectivity index (χ1n) is 26.8. The highest BCUT2D eigenvalue weighted by molar-refractivity contribution is 5.58. The molecule has 1 rings (SSSR count). The van der Waals surface area contributed by atoms with Crippen LogP contribution in [-0.2, 0) is 0 Å². The van der Waals surface area contributed by atoms with Crippen molar-refractivity contribution in [3.63, 3.8) is 0 Å². The van der Waals surface area contributed by atoms with Crippen molar-refractivity contribution < 1.29 is 19.1 Å². The lowest BCUT2D eigenvalue weighted by Gasteiger charge is -2.17. The molecule has 352 valence electrons. The number of benzene rings is 1. The van der Waals surface area contributed by atoms with E-state index in [4.69, 9.17) is 14.2 Å². The lowest BCUT2D eigenvalue weighted by atomic mass is 10.0. The van der Waals surface area contributed by atoms with Crippen LogP contribution in [0, 0.1) is 10.1 Å². The van der Waals surface area contributed by atoms with Crippen molar-refractivity contribution in [2.45, 2.75) is 290 Å². The summed E-state index contributed by atoms with van der Waals surface area (Å²) < 4.78 is 18.9. The number of nitrogens with zero attached hydrogens (tertiary/aromatic N) is 1. The van der Waals surface area contributed by atoms with Crippen LogP contribution in [0.15, 0.2) is 12.1 Å². The summed E-state index contributed by atoms with van der Waals surface area (Å²) in [5.74, 6) is 1.46. The molecule has 6 nitrogen and oxygen atoms in total. The second-order valence-corrected chi connectivity index (χ2v) is 18.4. The van der Waals surface area contributed by atoms with Gasteiger partial charge in [-0.2, -0.15) is 0 Å². The first kappa shape index (κ1) is 56.0. The second kappa shape index (κ2) is 45.1. The van der Waals surface area contributed by atoms with Crippen LogP contribution in [0.1, 0.15) is 290 Å². The minimum Gasteiger partial charge on any atom is -0.489 e. The second-order valence-electron chi connectivity index (χ2n) is 18.4. The Balaban J connectivity index is 2.50. The minimum absolute atomic E-state index is 0.00534. The molecule has 0 radical (unpaired) electrons. The zero-order valence-corrected chi connectivity index (χ0v) is 40.5. The van der Waals surface area contributed by atoms with Gasteiger partial charge >= 0.3 is 0 Å². The summed E-state index contributed by atoms with van der Waals surface area (Å²) in [6.07, 6.45) is 55.0. The molecule has 0 N–H and O–H groups in total. The molecule has 0 saturated heterocycles. The number of unbranched alkanes of at least 4 members (excludes halogenated alkanes) is 39. The standard InChI is InChI=1S/C54H101NO5/c1-4-7-10-13-16-19-22-25-28-31-34-37-40-43-46-58-52-49-51(55(56)57)50-53(59-47-44-41-38-35-32-29-26-23-20-17-14-11-8-5-2)54(52)60-48-45-42-39-36-33-30-27-24-21-18-15-12-9-6-3/h49-50H,4-48H2,1-3H3. The highest BCUT2D eigenvalue weighted by Crippen LogP contribution is 2.42. The number of hydrogen-bond acceptors (Lipinski definition) is 5. The molecule has 6 heteroatoms. The summed E-state index contributed by atoms with van der Waals surface area (Å²) in [6.45, 7) is 8.49. The van der Waals surface area contributed by atoms with E-state index in [-0.39, 0.29) is 10.6 Å². The average molecular weight is 844 g/mol. The Morgan fingerprint density at radius 3 is 0.750 bits per heavy atom. The molecular weight excluding hydrogens is 743 g/mol. The van der Waals surface area contributed by atoms with Crippen LogP contribution in [0.5, 0.6) is 17.2 Å². The molecule has 0 amide bonds. The molecule has 0 aliphatic heterocycles. The lowest BCUT2D eigenvalue weighted by Crippen LogP contribution is -2.07. The molecule has 0 aromatic heterocycles. The third kappa shape index (κ3) is 35.6. The van der Waals surface area contributed by atoms with Crippen molar-refractivity contribution in [3.05, 3.63) is 22.2 Å². The van der Waals surface area contributed by atoms with Gasteiger partial charge in [-0.05, 0) is 19.3 Å². The third-order valence-corrected chi connectivity index (χ3v) is 12.5. The lowest BCUT2D eigenvalue weighted by molar-refractivity contribution is -0.385. The molecule has 0 unspecified atom stereocenters. The van der Waals surface area contributed by atoms with E-state index in [1.165, 1.54) is 231 Å². The minimum atomic E-state index is -0.337. The Kier molecular flexibility index (Phi) is 42.1. The summed E-state index contributed by atoms with van der Waals surface area (Å²) in [5.41, 5.74) is 0.00534. The summed E-state index contributed by atoms with van der Waals surface area (Å²) in [5, 5.41) is 12.0. The van der Waals surface area contributed by atoms with Crippen molar-refractivity contribution in [3.8, 4) is 17.2 Å². The first-order chi connectivity index (χ1) is 29.6. The number of non-ortho nitro benzene ring substituents is 1. The molecule has 0 spiro atoms. The molecule has 1 aromatic rings. The van der Waals surface area contributed by atoms with Crippen LogP contribution < -0.4 is 14.2 Å². The van der Waals surface area contributed by atoms with E-state index in [0.717, 1.165) is 38.5 Å². The molecule has 0 saturated carbocycles. The monoisotopic (exact) mass is 844 g/mol. The average Bonchev–Trinajstić information content (AvgIpc) is 3.25. The Bertz CT molecular complexity index is 992. The topological polar surface area (TPSA) is 70.8 Å². The van der Waals surface area contributed by atoms with E-state index >= 15 is 0 Å². The van der Waals surface area contributed by atoms with Gasteiger partial charge in [-0.25, -0.2) is 0 Å². The molecule has 1 aromatic carbocycles. The summed E-state index contributed by atoms with van der Waals surface area (Å²) in [4.78, 5) is 11.7. The van der Waals surface area contributed by atoms with E-state index < -0.39 is 0 Å². The zero-order chi connectivity index (χ0) is 43.2. The van der Waals surface area contributed by atoms with E-state index in [1.54, 1.807) is 12.1 Å². The third-order valence-electron chi connectivity index (χ3n) is 12.5. The molecule has 60 heavy (non-hydrogen) atoms. The van der Waals surface area contributed by atoms with Crippen LogP contribution >= 0.6 is 0 Å². The van der Waals surface area contributed by atoms with Crippen LogP contribution in [0.2, 0.25) is 0 Å². The van der Waals surface area contributed by atoms with Crippen LogP contribution in [0.4, 0.5) is 5.69 Å². The van der Waals surface area contributed by atoms with Gasteiger partial charge in [0.25, 0.3) is 5.69 Å². The fourth-order valence-electron chi connectivity index (χ4n) is 8.45.